The van der Waals surface area contributed by atoms with Gasteiger partial charge in [-0.2, -0.15) is 0 Å². The predicted octanol–water partition coefficient (Wildman–Crippen LogP) is 2.15. The van der Waals surface area contributed by atoms with Crippen LogP contribution in [0, 0.1) is 12.7 Å². The third kappa shape index (κ3) is 1.98. The summed E-state index contributed by atoms with van der Waals surface area (Å²) in [4.78, 5) is 11.2. The van der Waals surface area contributed by atoms with Gasteiger partial charge in [0.05, 0.1) is 10.6 Å². The van der Waals surface area contributed by atoms with E-state index < -0.39 is 5.82 Å². The molecule has 1 aromatic rings. The summed E-state index contributed by atoms with van der Waals surface area (Å²) in [6.45, 7) is 1.65. The standard InChI is InChI=1S/C9H9ClFNO/c1-5-3-6(11)4-7(8(5)10)9(13)12-2/h3-4H,1-2H3,(H,12,13). The lowest BCUT2D eigenvalue weighted by atomic mass is 10.1. The highest BCUT2D eigenvalue weighted by molar-refractivity contribution is 6.34. The highest BCUT2D eigenvalue weighted by Crippen LogP contribution is 2.21. The largest absolute Gasteiger partial charge is 0.355 e. The Bertz CT molecular complexity index is 352. The first kappa shape index (κ1) is 9.99. The average molecular weight is 202 g/mol. The van der Waals surface area contributed by atoms with Crippen molar-refractivity contribution >= 4 is 17.5 Å². The first-order valence-electron chi connectivity index (χ1n) is 3.74. The Kier molecular flexibility index (Phi) is 2.88. The highest BCUT2D eigenvalue weighted by atomic mass is 35.5. The molecular weight excluding hydrogens is 193 g/mol. The Labute approximate surface area is 80.7 Å². The molecule has 2 nitrogen and oxygen atoms in total. The number of nitrogens with one attached hydrogen (secondary N) is 1. The van der Waals surface area contributed by atoms with Crippen molar-refractivity contribution in [3.8, 4) is 0 Å². The Balaban J connectivity index is 3.28. The summed E-state index contributed by atoms with van der Waals surface area (Å²) in [5, 5.41) is 2.68. The molecular formula is C9H9ClFNO. The Hall–Kier alpha value is -1.09. The molecule has 1 N–H and O–H groups in total. The molecule has 4 heteroatoms. The Morgan fingerprint density at radius 2 is 2.15 bits per heavy atom. The van der Waals surface area contributed by atoms with Crippen LogP contribution in [0.25, 0.3) is 0 Å². The zero-order chi connectivity index (χ0) is 10.0. The van der Waals surface area contributed by atoms with Crippen molar-refractivity contribution in [3.05, 3.63) is 34.1 Å². The summed E-state index contributed by atoms with van der Waals surface area (Å²) in [5.74, 6) is -0.840. The molecule has 0 radical (unpaired) electrons. The number of benzene rings is 1. The second-order valence-electron chi connectivity index (χ2n) is 2.66. The van der Waals surface area contributed by atoms with E-state index in [1.165, 1.54) is 13.1 Å². The second-order valence-corrected chi connectivity index (χ2v) is 3.04. The molecule has 0 aliphatic rings. The van der Waals surface area contributed by atoms with Crippen molar-refractivity contribution in [2.45, 2.75) is 6.92 Å². The van der Waals surface area contributed by atoms with Gasteiger partial charge in [0.25, 0.3) is 5.91 Å². The molecule has 0 saturated carbocycles. The van der Waals surface area contributed by atoms with Crippen molar-refractivity contribution in [2.24, 2.45) is 0 Å². The first-order chi connectivity index (χ1) is 6.06. The maximum Gasteiger partial charge on any atom is 0.252 e. The molecule has 13 heavy (non-hydrogen) atoms. The van der Waals surface area contributed by atoms with E-state index in [9.17, 15) is 9.18 Å². The van der Waals surface area contributed by atoms with E-state index in [2.05, 4.69) is 5.32 Å². The molecule has 0 aromatic heterocycles. The van der Waals surface area contributed by atoms with Crippen LogP contribution in [0.2, 0.25) is 5.02 Å². The third-order valence-electron chi connectivity index (χ3n) is 1.69. The van der Waals surface area contributed by atoms with Gasteiger partial charge >= 0.3 is 0 Å². The molecule has 0 aliphatic carbocycles. The zero-order valence-electron chi connectivity index (χ0n) is 7.32. The molecule has 0 bridgehead atoms. The molecule has 0 spiro atoms. The molecule has 1 aromatic carbocycles. The van der Waals surface area contributed by atoms with Gasteiger partial charge in [-0.3, -0.25) is 4.79 Å². The van der Waals surface area contributed by atoms with Crippen molar-refractivity contribution in [1.29, 1.82) is 0 Å². The van der Waals surface area contributed by atoms with E-state index in [0.717, 1.165) is 6.07 Å². The van der Waals surface area contributed by atoms with E-state index in [0.29, 0.717) is 10.6 Å². The molecule has 0 unspecified atom stereocenters. The molecule has 0 saturated heterocycles. The minimum atomic E-state index is -0.458. The fourth-order valence-electron chi connectivity index (χ4n) is 1.03. The summed E-state index contributed by atoms with van der Waals surface area (Å²) < 4.78 is 12.9. The van der Waals surface area contributed by atoms with Crippen LogP contribution in [0.5, 0.6) is 0 Å². The van der Waals surface area contributed by atoms with Crippen molar-refractivity contribution in [2.75, 3.05) is 7.05 Å². The van der Waals surface area contributed by atoms with Crippen molar-refractivity contribution in [3.63, 3.8) is 0 Å². The summed E-state index contributed by atoms with van der Waals surface area (Å²) in [6, 6.07) is 2.41. The van der Waals surface area contributed by atoms with Gasteiger partial charge < -0.3 is 5.32 Å². The van der Waals surface area contributed by atoms with Crippen LogP contribution in [0.15, 0.2) is 12.1 Å². The van der Waals surface area contributed by atoms with Gasteiger partial charge in [0, 0.05) is 7.05 Å². The van der Waals surface area contributed by atoms with Crippen molar-refractivity contribution in [1.82, 2.24) is 5.32 Å². The summed E-state index contributed by atoms with van der Waals surface area (Å²) in [5.41, 5.74) is 0.724. The SMILES string of the molecule is CNC(=O)c1cc(F)cc(C)c1Cl. The van der Waals surface area contributed by atoms with Gasteiger partial charge in [0.1, 0.15) is 5.82 Å². The van der Waals surface area contributed by atoms with Gasteiger partial charge in [0.15, 0.2) is 0 Å². The fraction of sp³-hybridized carbons (Fsp3) is 0.222. The fourth-order valence-corrected chi connectivity index (χ4v) is 1.22. The zero-order valence-corrected chi connectivity index (χ0v) is 8.07. The van der Waals surface area contributed by atoms with E-state index in [1.807, 2.05) is 0 Å². The van der Waals surface area contributed by atoms with Crippen LogP contribution < -0.4 is 5.32 Å². The Morgan fingerprint density at radius 3 is 2.69 bits per heavy atom. The lowest BCUT2D eigenvalue weighted by Crippen LogP contribution is -2.18. The molecule has 0 fully saturated rings. The lowest BCUT2D eigenvalue weighted by Gasteiger charge is -2.05. The monoisotopic (exact) mass is 201 g/mol. The van der Waals surface area contributed by atoms with Crippen LogP contribution in [0.1, 0.15) is 15.9 Å². The number of amides is 1. The molecule has 70 valence electrons. The number of aryl methyl sites for hydroxylation is 1. The topological polar surface area (TPSA) is 29.1 Å². The molecule has 1 amide bonds. The van der Waals surface area contributed by atoms with Crippen LogP contribution in [0.4, 0.5) is 4.39 Å². The van der Waals surface area contributed by atoms with E-state index >= 15 is 0 Å². The summed E-state index contributed by atoms with van der Waals surface area (Å²) in [7, 11) is 1.47. The Morgan fingerprint density at radius 1 is 1.54 bits per heavy atom. The predicted molar refractivity (Wildman–Crippen MR) is 49.5 cm³/mol. The first-order valence-corrected chi connectivity index (χ1v) is 4.11. The van der Waals surface area contributed by atoms with Gasteiger partial charge in [-0.25, -0.2) is 4.39 Å². The normalized spacial score (nSPS) is 9.85. The molecule has 0 atom stereocenters. The quantitative estimate of drug-likeness (QED) is 0.741. The number of hydrogen-bond acceptors (Lipinski definition) is 1. The number of rotatable bonds is 1. The smallest absolute Gasteiger partial charge is 0.252 e. The maximum absolute atomic E-state index is 12.9. The van der Waals surface area contributed by atoms with Crippen LogP contribution in [-0.4, -0.2) is 13.0 Å². The van der Waals surface area contributed by atoms with Crippen LogP contribution in [-0.2, 0) is 0 Å². The van der Waals surface area contributed by atoms with Gasteiger partial charge in [-0.15, -0.1) is 0 Å². The number of carbonyl (C=O) groups excluding carboxylic acids is 1. The minimum absolute atomic E-state index is 0.168. The minimum Gasteiger partial charge on any atom is -0.355 e. The number of carbonyl (C=O) groups is 1. The highest BCUT2D eigenvalue weighted by Gasteiger charge is 2.11. The van der Waals surface area contributed by atoms with Gasteiger partial charge in [-0.05, 0) is 24.6 Å². The number of hydrogen-bond donors (Lipinski definition) is 1. The lowest BCUT2D eigenvalue weighted by molar-refractivity contribution is 0.0962. The average Bonchev–Trinajstić information content (AvgIpc) is 2.10. The van der Waals surface area contributed by atoms with Crippen molar-refractivity contribution < 1.29 is 9.18 Å². The molecule has 1 rings (SSSR count). The summed E-state index contributed by atoms with van der Waals surface area (Å²) >= 11 is 5.81. The third-order valence-corrected chi connectivity index (χ3v) is 2.19. The number of halogens is 2. The van der Waals surface area contributed by atoms with E-state index in [1.54, 1.807) is 6.92 Å². The van der Waals surface area contributed by atoms with E-state index in [-0.39, 0.29) is 11.5 Å². The van der Waals surface area contributed by atoms with E-state index in [4.69, 9.17) is 11.6 Å². The van der Waals surface area contributed by atoms with Crippen LogP contribution in [0.3, 0.4) is 0 Å². The maximum atomic E-state index is 12.9. The molecule has 0 aliphatic heterocycles. The summed E-state index contributed by atoms with van der Waals surface area (Å²) in [6.07, 6.45) is 0. The van der Waals surface area contributed by atoms with Crippen LogP contribution >= 0.6 is 11.6 Å². The van der Waals surface area contributed by atoms with Gasteiger partial charge in [-0.1, -0.05) is 11.6 Å². The van der Waals surface area contributed by atoms with Gasteiger partial charge in [0.2, 0.25) is 0 Å². The second kappa shape index (κ2) is 3.75. The molecule has 0 heterocycles.